The summed E-state index contributed by atoms with van der Waals surface area (Å²) in [6.45, 7) is 1.88. The van der Waals surface area contributed by atoms with Crippen molar-refractivity contribution in [1.82, 2.24) is 4.31 Å². The maximum atomic E-state index is 12.5. The number of hydrogen-bond donors (Lipinski definition) is 0. The Bertz CT molecular complexity index is 601. The molecular weight excluding hydrogens is 276 g/mol. The largest absolute Gasteiger partial charge is 0.381 e. The number of rotatable bonds is 4. The van der Waals surface area contributed by atoms with Gasteiger partial charge in [0.15, 0.2) is 0 Å². The van der Waals surface area contributed by atoms with E-state index in [0.29, 0.717) is 31.2 Å². The number of nitriles is 1. The Morgan fingerprint density at radius 3 is 2.75 bits per heavy atom. The fraction of sp³-hybridized carbons (Fsp3) is 0.500. The van der Waals surface area contributed by atoms with Gasteiger partial charge in [-0.3, -0.25) is 0 Å². The minimum atomic E-state index is -3.53. The lowest BCUT2D eigenvalue weighted by Gasteiger charge is -2.26. The first-order valence-electron chi connectivity index (χ1n) is 6.58. The molecule has 0 bridgehead atoms. The SMILES string of the molecule is CN(CC1CCOCC1)S(=O)(=O)c1cccc(C#N)c1. The van der Waals surface area contributed by atoms with Crippen molar-refractivity contribution in [3.63, 3.8) is 0 Å². The van der Waals surface area contributed by atoms with Crippen LogP contribution in [0.15, 0.2) is 29.2 Å². The lowest BCUT2D eigenvalue weighted by Crippen LogP contribution is -2.34. The van der Waals surface area contributed by atoms with Crippen LogP contribution in [0.5, 0.6) is 0 Å². The van der Waals surface area contributed by atoms with Gasteiger partial charge in [-0.15, -0.1) is 0 Å². The second-order valence-electron chi connectivity index (χ2n) is 4.98. The third-order valence-electron chi connectivity index (χ3n) is 3.53. The monoisotopic (exact) mass is 294 g/mol. The number of nitrogens with zero attached hydrogens (tertiary/aromatic N) is 2. The second-order valence-corrected chi connectivity index (χ2v) is 7.03. The molecule has 0 unspecified atom stereocenters. The molecule has 1 aromatic rings. The van der Waals surface area contributed by atoms with Crippen LogP contribution < -0.4 is 0 Å². The first-order valence-corrected chi connectivity index (χ1v) is 8.02. The van der Waals surface area contributed by atoms with Crippen LogP contribution in [-0.4, -0.2) is 39.5 Å². The summed E-state index contributed by atoms with van der Waals surface area (Å²) in [4.78, 5) is 0.172. The van der Waals surface area contributed by atoms with E-state index >= 15 is 0 Å². The van der Waals surface area contributed by atoms with E-state index in [9.17, 15) is 8.42 Å². The third kappa shape index (κ3) is 3.37. The van der Waals surface area contributed by atoms with E-state index in [2.05, 4.69) is 0 Å². The number of hydrogen-bond acceptors (Lipinski definition) is 4. The zero-order valence-electron chi connectivity index (χ0n) is 11.4. The molecule has 0 spiro atoms. The van der Waals surface area contributed by atoms with Gasteiger partial charge in [-0.25, -0.2) is 12.7 Å². The summed E-state index contributed by atoms with van der Waals surface area (Å²) in [5.74, 6) is 0.336. The summed E-state index contributed by atoms with van der Waals surface area (Å²) in [5, 5.41) is 8.86. The Labute approximate surface area is 119 Å². The van der Waals surface area contributed by atoms with E-state index in [1.807, 2.05) is 6.07 Å². The molecule has 0 aromatic heterocycles. The molecule has 1 aliphatic heterocycles. The summed E-state index contributed by atoms with van der Waals surface area (Å²) in [7, 11) is -1.94. The van der Waals surface area contributed by atoms with Gasteiger partial charge in [0, 0.05) is 26.8 Å². The summed E-state index contributed by atoms with van der Waals surface area (Å²) >= 11 is 0. The molecule has 5 nitrogen and oxygen atoms in total. The standard InChI is InChI=1S/C14H18N2O3S/c1-16(11-12-5-7-19-8-6-12)20(17,18)14-4-2-3-13(9-14)10-15/h2-4,9,12H,5-8,11H2,1H3. The smallest absolute Gasteiger partial charge is 0.242 e. The fourth-order valence-corrected chi connectivity index (χ4v) is 3.59. The van der Waals surface area contributed by atoms with Crippen LogP contribution in [0, 0.1) is 17.2 Å². The van der Waals surface area contributed by atoms with E-state index in [0.717, 1.165) is 12.8 Å². The molecule has 0 N–H and O–H groups in total. The van der Waals surface area contributed by atoms with Gasteiger partial charge in [-0.1, -0.05) is 6.07 Å². The molecule has 1 fully saturated rings. The molecule has 0 atom stereocenters. The van der Waals surface area contributed by atoms with Crippen LogP contribution in [0.1, 0.15) is 18.4 Å². The van der Waals surface area contributed by atoms with E-state index in [1.165, 1.54) is 16.4 Å². The molecule has 1 aromatic carbocycles. The Balaban J connectivity index is 2.14. The molecule has 0 amide bonds. The average Bonchev–Trinajstić information content (AvgIpc) is 2.48. The van der Waals surface area contributed by atoms with Gasteiger partial charge in [-0.2, -0.15) is 5.26 Å². The van der Waals surface area contributed by atoms with Crippen LogP contribution in [-0.2, 0) is 14.8 Å². The zero-order chi connectivity index (χ0) is 14.6. The van der Waals surface area contributed by atoms with Crippen LogP contribution in [0.4, 0.5) is 0 Å². The zero-order valence-corrected chi connectivity index (χ0v) is 12.3. The van der Waals surface area contributed by atoms with E-state index in [1.54, 1.807) is 19.2 Å². The number of ether oxygens (including phenoxy) is 1. The highest BCUT2D eigenvalue weighted by molar-refractivity contribution is 7.89. The Kier molecular flexibility index (Phi) is 4.76. The Hall–Kier alpha value is -1.42. The predicted molar refractivity (Wildman–Crippen MR) is 74.5 cm³/mol. The lowest BCUT2D eigenvalue weighted by atomic mass is 10.0. The Morgan fingerprint density at radius 1 is 1.40 bits per heavy atom. The fourth-order valence-electron chi connectivity index (χ4n) is 2.30. The van der Waals surface area contributed by atoms with Gasteiger partial charge in [0.25, 0.3) is 0 Å². The van der Waals surface area contributed by atoms with Crippen molar-refractivity contribution in [1.29, 1.82) is 5.26 Å². The quantitative estimate of drug-likeness (QED) is 0.846. The van der Waals surface area contributed by atoms with Crippen LogP contribution >= 0.6 is 0 Å². The van der Waals surface area contributed by atoms with Crippen molar-refractivity contribution in [2.24, 2.45) is 5.92 Å². The first kappa shape index (κ1) is 15.0. The van der Waals surface area contributed by atoms with Crippen LogP contribution in [0.25, 0.3) is 0 Å². The van der Waals surface area contributed by atoms with Gasteiger partial charge in [0.2, 0.25) is 10.0 Å². The van der Waals surface area contributed by atoms with Crippen molar-refractivity contribution in [2.75, 3.05) is 26.8 Å². The molecule has 1 heterocycles. The van der Waals surface area contributed by atoms with Gasteiger partial charge in [0.05, 0.1) is 16.5 Å². The van der Waals surface area contributed by atoms with Crippen molar-refractivity contribution >= 4 is 10.0 Å². The molecule has 20 heavy (non-hydrogen) atoms. The molecule has 1 aliphatic rings. The lowest BCUT2D eigenvalue weighted by molar-refractivity contribution is 0.0620. The summed E-state index contributed by atoms with van der Waals surface area (Å²) in [5.41, 5.74) is 0.352. The summed E-state index contributed by atoms with van der Waals surface area (Å²) < 4.78 is 31.6. The maximum absolute atomic E-state index is 12.5. The molecular formula is C14H18N2O3S. The van der Waals surface area contributed by atoms with Gasteiger partial charge >= 0.3 is 0 Å². The molecule has 6 heteroatoms. The molecule has 108 valence electrons. The first-order chi connectivity index (χ1) is 9.54. The highest BCUT2D eigenvalue weighted by Gasteiger charge is 2.25. The van der Waals surface area contributed by atoms with E-state index in [4.69, 9.17) is 10.00 Å². The van der Waals surface area contributed by atoms with Gasteiger partial charge < -0.3 is 4.74 Å². The number of benzene rings is 1. The highest BCUT2D eigenvalue weighted by atomic mass is 32.2. The third-order valence-corrected chi connectivity index (χ3v) is 5.35. The normalized spacial score (nSPS) is 17.1. The second kappa shape index (κ2) is 6.35. The van der Waals surface area contributed by atoms with Crippen LogP contribution in [0.2, 0.25) is 0 Å². The summed E-state index contributed by atoms with van der Waals surface area (Å²) in [6.07, 6.45) is 1.77. The van der Waals surface area contributed by atoms with E-state index < -0.39 is 10.0 Å². The minimum Gasteiger partial charge on any atom is -0.381 e. The topological polar surface area (TPSA) is 70.4 Å². The molecule has 1 saturated heterocycles. The molecule has 0 saturated carbocycles. The van der Waals surface area contributed by atoms with Gasteiger partial charge in [-0.05, 0) is 37.0 Å². The highest BCUT2D eigenvalue weighted by Crippen LogP contribution is 2.21. The minimum absolute atomic E-state index is 0.172. The predicted octanol–water partition coefficient (Wildman–Crippen LogP) is 1.61. The van der Waals surface area contributed by atoms with Crippen molar-refractivity contribution in [3.05, 3.63) is 29.8 Å². The van der Waals surface area contributed by atoms with Crippen molar-refractivity contribution in [3.8, 4) is 6.07 Å². The van der Waals surface area contributed by atoms with Crippen LogP contribution in [0.3, 0.4) is 0 Å². The van der Waals surface area contributed by atoms with Gasteiger partial charge in [0.1, 0.15) is 0 Å². The van der Waals surface area contributed by atoms with Crippen molar-refractivity contribution in [2.45, 2.75) is 17.7 Å². The molecule has 0 radical (unpaired) electrons. The average molecular weight is 294 g/mol. The molecule has 2 rings (SSSR count). The summed E-state index contributed by atoms with van der Waals surface area (Å²) in [6, 6.07) is 8.08. The Morgan fingerprint density at radius 2 is 2.10 bits per heavy atom. The van der Waals surface area contributed by atoms with E-state index in [-0.39, 0.29) is 4.90 Å². The number of sulfonamides is 1. The van der Waals surface area contributed by atoms with Crippen molar-refractivity contribution < 1.29 is 13.2 Å². The molecule has 0 aliphatic carbocycles. The maximum Gasteiger partial charge on any atom is 0.242 e.